The van der Waals surface area contributed by atoms with Gasteiger partial charge < -0.3 is 49.6 Å². The third kappa shape index (κ3) is 22.8. The third-order valence-corrected chi connectivity index (χ3v) is 4.02. The summed E-state index contributed by atoms with van der Waals surface area (Å²) in [6.07, 6.45) is 4.26. The zero-order chi connectivity index (χ0) is 5.70. The fraction of sp³-hybridized carbons (Fsp3) is 1.00. The van der Waals surface area contributed by atoms with Crippen LogP contribution in [0.4, 0.5) is 0 Å². The smallest absolute Gasteiger partial charge is 1.00 e. The summed E-state index contributed by atoms with van der Waals surface area (Å²) in [5, 5.41) is 0. The molecule has 0 aliphatic rings. The molecule has 0 unspecified atom stereocenters. The van der Waals surface area contributed by atoms with Crippen molar-refractivity contribution in [3.05, 3.63) is 0 Å². The van der Waals surface area contributed by atoms with Gasteiger partial charge in [-0.2, -0.15) is 0 Å². The normalized spacial score (nSPS) is 6.00. The van der Waals surface area contributed by atoms with Gasteiger partial charge in [-0.1, -0.05) is 20.8 Å². The van der Waals surface area contributed by atoms with E-state index in [0.29, 0.717) is 7.92 Å². The van der Waals surface area contributed by atoms with Gasteiger partial charge in [0.25, 0.3) is 0 Å². The Balaban J connectivity index is -0.0000000180. The van der Waals surface area contributed by atoms with Crippen LogP contribution in [0.5, 0.6) is 0 Å². The minimum absolute atomic E-state index is 0. The first kappa shape index (κ1) is 36.7. The summed E-state index contributed by atoms with van der Waals surface area (Å²) in [6.45, 7) is 6.87. The minimum atomic E-state index is 0. The van der Waals surface area contributed by atoms with E-state index >= 15 is 0 Å². The molecule has 0 rings (SSSR count). The molecular formula is C6H15Cl4PTi. The van der Waals surface area contributed by atoms with Gasteiger partial charge in [0.05, 0.1) is 0 Å². The maximum Gasteiger partial charge on any atom is 4.00 e. The van der Waals surface area contributed by atoms with Crippen LogP contribution in [0.3, 0.4) is 0 Å². The zero-order valence-corrected chi connectivity index (χ0v) is 13.1. The van der Waals surface area contributed by atoms with Crippen molar-refractivity contribution in [2.45, 2.75) is 20.8 Å². The average Bonchev–Trinajstić information content (AvgIpc) is 1.72. The minimum Gasteiger partial charge on any atom is -1.00 e. The molecule has 76 valence electrons. The molecule has 0 atom stereocenters. The van der Waals surface area contributed by atoms with Gasteiger partial charge in [0.15, 0.2) is 0 Å². The Hall–Kier alpha value is 2.30. The second-order valence-corrected chi connectivity index (χ2v) is 4.86. The molecule has 0 N–H and O–H groups in total. The molecule has 0 amide bonds. The van der Waals surface area contributed by atoms with E-state index in [2.05, 4.69) is 20.8 Å². The van der Waals surface area contributed by atoms with Crippen LogP contribution in [-0.4, -0.2) is 18.5 Å². The van der Waals surface area contributed by atoms with E-state index in [0.717, 1.165) is 0 Å². The molecule has 0 saturated heterocycles. The van der Waals surface area contributed by atoms with Crippen LogP contribution >= 0.6 is 7.92 Å². The van der Waals surface area contributed by atoms with Gasteiger partial charge in [0.1, 0.15) is 0 Å². The second kappa shape index (κ2) is 29.2. The molecule has 0 heterocycles. The fourth-order valence-electron chi connectivity index (χ4n) is 0.671. The molecule has 0 radical (unpaired) electrons. The molecule has 0 aromatic carbocycles. The average molecular weight is 308 g/mol. The third-order valence-electron chi connectivity index (χ3n) is 1.34. The first-order valence-corrected chi connectivity index (χ1v) is 4.97. The summed E-state index contributed by atoms with van der Waals surface area (Å²) in [4.78, 5) is 0. The number of rotatable bonds is 3. The quantitative estimate of drug-likeness (QED) is 0.359. The predicted molar refractivity (Wildman–Crippen MR) is 38.5 cm³/mol. The first-order chi connectivity index (χ1) is 3.35. The van der Waals surface area contributed by atoms with E-state index in [1.807, 2.05) is 0 Å². The van der Waals surface area contributed by atoms with Crippen molar-refractivity contribution < 1.29 is 71.3 Å². The Labute approximate surface area is 118 Å². The van der Waals surface area contributed by atoms with Crippen molar-refractivity contribution in [2.24, 2.45) is 0 Å². The van der Waals surface area contributed by atoms with Crippen molar-refractivity contribution in [1.82, 2.24) is 0 Å². The van der Waals surface area contributed by atoms with Gasteiger partial charge in [0.2, 0.25) is 0 Å². The van der Waals surface area contributed by atoms with E-state index in [-0.39, 0.29) is 71.3 Å². The predicted octanol–water partition coefficient (Wildman–Crippen LogP) is -9.46. The van der Waals surface area contributed by atoms with E-state index in [4.69, 9.17) is 0 Å². The summed E-state index contributed by atoms with van der Waals surface area (Å²) in [6, 6.07) is 0. The van der Waals surface area contributed by atoms with Crippen LogP contribution in [0.25, 0.3) is 0 Å². The van der Waals surface area contributed by atoms with Gasteiger partial charge in [-0.3, -0.25) is 0 Å². The first-order valence-electron chi connectivity index (χ1n) is 3.07. The van der Waals surface area contributed by atoms with Crippen molar-refractivity contribution in [1.29, 1.82) is 0 Å². The van der Waals surface area contributed by atoms with E-state index in [9.17, 15) is 0 Å². The van der Waals surface area contributed by atoms with Crippen LogP contribution in [0.15, 0.2) is 0 Å². The van der Waals surface area contributed by atoms with Crippen molar-refractivity contribution in [2.75, 3.05) is 18.5 Å². The van der Waals surface area contributed by atoms with Gasteiger partial charge in [-0.25, -0.2) is 0 Å². The van der Waals surface area contributed by atoms with Crippen molar-refractivity contribution in [3.8, 4) is 0 Å². The Morgan fingerprint density at radius 2 is 0.833 bits per heavy atom. The summed E-state index contributed by atoms with van der Waals surface area (Å²) in [7, 11) is 0.446. The molecule has 0 bridgehead atoms. The molecule has 12 heavy (non-hydrogen) atoms. The van der Waals surface area contributed by atoms with Gasteiger partial charge in [-0.15, -0.1) is 7.92 Å². The molecular weight excluding hydrogens is 293 g/mol. The van der Waals surface area contributed by atoms with Crippen molar-refractivity contribution >= 4 is 7.92 Å². The largest absolute Gasteiger partial charge is 4.00 e. The van der Waals surface area contributed by atoms with Crippen LogP contribution in [0, 0.1) is 0 Å². The van der Waals surface area contributed by atoms with E-state index in [1.165, 1.54) is 18.5 Å². The molecule has 0 aromatic rings. The standard InChI is InChI=1S/C6H15P.4ClH.Ti/c1-4-7(5-2)6-3;;;;;/h4-6H2,1-3H3;4*1H;/q;;;;;+4/p-4. The molecule has 0 nitrogen and oxygen atoms in total. The maximum absolute atomic E-state index is 2.29. The molecule has 0 aliphatic heterocycles. The molecule has 0 spiro atoms. The molecule has 0 saturated carbocycles. The Morgan fingerprint density at radius 1 is 0.667 bits per heavy atom. The van der Waals surface area contributed by atoms with Crippen LogP contribution < -0.4 is 49.6 Å². The van der Waals surface area contributed by atoms with Crippen molar-refractivity contribution in [3.63, 3.8) is 0 Å². The van der Waals surface area contributed by atoms with Gasteiger partial charge in [-0.05, 0) is 18.5 Å². The fourth-order valence-corrected chi connectivity index (χ4v) is 2.01. The van der Waals surface area contributed by atoms with Crippen LogP contribution in [0.1, 0.15) is 20.8 Å². The SMILES string of the molecule is CCP(CC)CC.[Cl-].[Cl-].[Cl-].[Cl-].[Ti+4]. The summed E-state index contributed by atoms with van der Waals surface area (Å²) >= 11 is 0. The monoisotopic (exact) mass is 306 g/mol. The Kier molecular flexibility index (Phi) is 89.4. The summed E-state index contributed by atoms with van der Waals surface area (Å²) in [5.74, 6) is 0. The molecule has 6 heteroatoms. The van der Waals surface area contributed by atoms with Gasteiger partial charge >= 0.3 is 21.7 Å². The van der Waals surface area contributed by atoms with Crippen LogP contribution in [-0.2, 0) is 21.7 Å². The van der Waals surface area contributed by atoms with Crippen LogP contribution in [0.2, 0.25) is 0 Å². The molecule has 0 fully saturated rings. The second-order valence-electron chi connectivity index (χ2n) is 1.62. The Bertz CT molecular complexity index is 41.0. The van der Waals surface area contributed by atoms with Gasteiger partial charge in [0, 0.05) is 0 Å². The molecule has 0 aromatic heterocycles. The maximum atomic E-state index is 2.29. The van der Waals surface area contributed by atoms with E-state index < -0.39 is 0 Å². The summed E-state index contributed by atoms with van der Waals surface area (Å²) in [5.41, 5.74) is 0. The topological polar surface area (TPSA) is 0 Å². The number of hydrogen-bond donors (Lipinski definition) is 0. The number of halogens is 4. The zero-order valence-electron chi connectivity index (χ0n) is 7.58. The molecule has 0 aliphatic carbocycles. The summed E-state index contributed by atoms with van der Waals surface area (Å²) < 4.78 is 0. The Morgan fingerprint density at radius 3 is 0.833 bits per heavy atom. The number of hydrogen-bond acceptors (Lipinski definition) is 0. The van der Waals surface area contributed by atoms with E-state index in [1.54, 1.807) is 0 Å².